The normalized spacial score (nSPS) is 20.9. The van der Waals surface area contributed by atoms with Crippen LogP contribution in [-0.4, -0.2) is 91.7 Å². The molecule has 6 rings (SSSR count). The summed E-state index contributed by atoms with van der Waals surface area (Å²) < 4.78 is 5.86. The molecule has 3 fully saturated rings. The van der Waals surface area contributed by atoms with Crippen molar-refractivity contribution in [2.24, 2.45) is 0 Å². The van der Waals surface area contributed by atoms with Crippen LogP contribution in [0.1, 0.15) is 37.3 Å². The zero-order valence-electron chi connectivity index (χ0n) is 26.5. The number of aromatic nitrogens is 2. The summed E-state index contributed by atoms with van der Waals surface area (Å²) in [5, 5.41) is 8.28. The second-order valence-corrected chi connectivity index (χ2v) is 12.1. The predicted octanol–water partition coefficient (Wildman–Crippen LogP) is 4.84. The van der Waals surface area contributed by atoms with Crippen molar-refractivity contribution in [3.8, 4) is 5.75 Å². The highest BCUT2D eigenvalue weighted by Gasteiger charge is 2.33. The quantitative estimate of drug-likeness (QED) is 0.310. The minimum absolute atomic E-state index is 0.0625. The Hall–Kier alpha value is -4.19. The standard InChI is InChI=1S/C34H44N8O3/c1-5-34(43)38-27-19-28(37-32-21-33(36-23-35-32)42-29(14-18-45-42)24-9-7-6-8-10-24)31(44-4)20-30(27)40-15-11-25(12-16-40)41-17-13-26(22-41)39(2)3/h5-10,19-21,23,25-26,29H,1,11-18,22H2,2-4H3,(H,38,43)(H,35,36,37)/t26-,29+/m0/s1. The van der Waals surface area contributed by atoms with Gasteiger partial charge in [-0.3, -0.25) is 14.5 Å². The Morgan fingerprint density at radius 1 is 1.04 bits per heavy atom. The summed E-state index contributed by atoms with van der Waals surface area (Å²) in [5.41, 5.74) is 3.47. The molecule has 3 aliphatic rings. The number of carbonyl (C=O) groups excluding carboxylic acids is 1. The van der Waals surface area contributed by atoms with E-state index in [1.54, 1.807) is 7.11 Å². The van der Waals surface area contributed by atoms with E-state index in [0.29, 0.717) is 47.5 Å². The van der Waals surface area contributed by atoms with Gasteiger partial charge in [-0.05, 0) is 51.1 Å². The number of carbonyl (C=O) groups is 1. The smallest absolute Gasteiger partial charge is 0.247 e. The van der Waals surface area contributed by atoms with Crippen molar-refractivity contribution in [3.05, 3.63) is 73.1 Å². The van der Waals surface area contributed by atoms with Crippen molar-refractivity contribution in [1.29, 1.82) is 0 Å². The Labute approximate surface area is 265 Å². The lowest BCUT2D eigenvalue weighted by Crippen LogP contribution is -2.45. The summed E-state index contributed by atoms with van der Waals surface area (Å²) in [4.78, 5) is 34.9. The number of hydrogen-bond donors (Lipinski definition) is 2. The second kappa shape index (κ2) is 13.8. The summed E-state index contributed by atoms with van der Waals surface area (Å²) in [6, 6.07) is 17.3. The highest BCUT2D eigenvalue weighted by molar-refractivity contribution is 6.02. The maximum Gasteiger partial charge on any atom is 0.247 e. The fraction of sp³-hybridized carbons (Fsp3) is 0.441. The monoisotopic (exact) mass is 612 g/mol. The van der Waals surface area contributed by atoms with Crippen LogP contribution >= 0.6 is 0 Å². The molecule has 3 aromatic rings. The number of hydroxylamine groups is 1. The van der Waals surface area contributed by atoms with Crippen LogP contribution < -0.4 is 25.3 Å². The van der Waals surface area contributed by atoms with Crippen LogP contribution in [0.2, 0.25) is 0 Å². The van der Waals surface area contributed by atoms with Gasteiger partial charge in [0.1, 0.15) is 17.9 Å². The lowest BCUT2D eigenvalue weighted by molar-refractivity contribution is -0.111. The Morgan fingerprint density at radius 2 is 1.84 bits per heavy atom. The van der Waals surface area contributed by atoms with E-state index in [4.69, 9.17) is 9.57 Å². The van der Waals surface area contributed by atoms with E-state index >= 15 is 0 Å². The zero-order chi connectivity index (χ0) is 31.3. The molecule has 11 nitrogen and oxygen atoms in total. The van der Waals surface area contributed by atoms with E-state index in [9.17, 15) is 4.79 Å². The fourth-order valence-corrected chi connectivity index (χ4v) is 6.72. The van der Waals surface area contributed by atoms with Gasteiger partial charge in [-0.1, -0.05) is 36.9 Å². The van der Waals surface area contributed by atoms with E-state index in [2.05, 4.69) is 68.1 Å². The number of likely N-dealkylation sites (N-methyl/N-ethyl adjacent to an activating group) is 1. The van der Waals surface area contributed by atoms with Gasteiger partial charge in [-0.25, -0.2) is 15.0 Å². The number of rotatable bonds is 10. The number of anilines is 5. The molecule has 0 unspecified atom stereocenters. The first-order valence-corrected chi connectivity index (χ1v) is 15.8. The molecule has 0 aliphatic carbocycles. The molecule has 0 spiro atoms. The minimum Gasteiger partial charge on any atom is -0.494 e. The van der Waals surface area contributed by atoms with Gasteiger partial charge in [0.05, 0.1) is 36.8 Å². The third-order valence-corrected chi connectivity index (χ3v) is 9.24. The molecule has 2 aromatic carbocycles. The van der Waals surface area contributed by atoms with Crippen LogP contribution in [0.5, 0.6) is 5.75 Å². The van der Waals surface area contributed by atoms with Crippen molar-refractivity contribution < 1.29 is 14.4 Å². The minimum atomic E-state index is -0.267. The number of hydrogen-bond acceptors (Lipinski definition) is 10. The summed E-state index contributed by atoms with van der Waals surface area (Å²) in [7, 11) is 6.00. The molecule has 3 saturated heterocycles. The van der Waals surface area contributed by atoms with Crippen LogP contribution in [-0.2, 0) is 9.63 Å². The van der Waals surface area contributed by atoms with Crippen LogP contribution in [0.25, 0.3) is 0 Å². The first-order chi connectivity index (χ1) is 21.9. The van der Waals surface area contributed by atoms with Crippen molar-refractivity contribution in [2.75, 3.05) is 74.6 Å². The van der Waals surface area contributed by atoms with Gasteiger partial charge in [-0.15, -0.1) is 0 Å². The van der Waals surface area contributed by atoms with Gasteiger partial charge in [0.2, 0.25) is 5.91 Å². The molecule has 1 aromatic heterocycles. The first-order valence-electron chi connectivity index (χ1n) is 15.8. The van der Waals surface area contributed by atoms with Gasteiger partial charge < -0.3 is 25.2 Å². The van der Waals surface area contributed by atoms with E-state index in [-0.39, 0.29) is 11.9 Å². The van der Waals surface area contributed by atoms with Crippen LogP contribution in [0.4, 0.5) is 28.7 Å². The van der Waals surface area contributed by atoms with E-state index in [1.165, 1.54) is 24.4 Å². The van der Waals surface area contributed by atoms with E-state index in [0.717, 1.165) is 51.1 Å². The summed E-state index contributed by atoms with van der Waals surface area (Å²) in [6.45, 7) is 8.36. The maximum absolute atomic E-state index is 12.5. The topological polar surface area (TPSA) is 98.3 Å². The average Bonchev–Trinajstić information content (AvgIpc) is 3.77. The van der Waals surface area contributed by atoms with Gasteiger partial charge in [0.15, 0.2) is 5.82 Å². The Balaban J connectivity index is 1.21. The SMILES string of the molecule is C=CC(=O)Nc1cc(Nc2cc(N3OCC[C@@H]3c3ccccc3)ncn2)c(OC)cc1N1CCC(N2CC[C@H](N(C)C)C2)CC1. The Morgan fingerprint density at radius 3 is 2.56 bits per heavy atom. The molecule has 1 amide bonds. The molecular formula is C34H44N8O3. The Bertz CT molecular complexity index is 1480. The van der Waals surface area contributed by atoms with Gasteiger partial charge >= 0.3 is 0 Å². The predicted molar refractivity (Wildman–Crippen MR) is 178 cm³/mol. The fourth-order valence-electron chi connectivity index (χ4n) is 6.72. The molecule has 0 radical (unpaired) electrons. The lowest BCUT2D eigenvalue weighted by Gasteiger charge is -2.39. The molecule has 238 valence electrons. The number of methoxy groups -OCH3 is 1. The van der Waals surface area contributed by atoms with Crippen LogP contribution in [0, 0.1) is 0 Å². The molecule has 11 heteroatoms. The van der Waals surface area contributed by atoms with Gasteiger partial charge in [-0.2, -0.15) is 0 Å². The molecule has 0 saturated carbocycles. The number of piperidine rings is 1. The van der Waals surface area contributed by atoms with Gasteiger partial charge in [0, 0.05) is 56.8 Å². The number of amides is 1. The van der Waals surface area contributed by atoms with Crippen LogP contribution in [0.3, 0.4) is 0 Å². The third kappa shape index (κ3) is 6.90. The summed E-state index contributed by atoms with van der Waals surface area (Å²) >= 11 is 0. The average molecular weight is 613 g/mol. The number of nitrogens with one attached hydrogen (secondary N) is 2. The van der Waals surface area contributed by atoms with Crippen LogP contribution in [0.15, 0.2) is 67.5 Å². The maximum atomic E-state index is 12.5. The van der Waals surface area contributed by atoms with E-state index < -0.39 is 0 Å². The van der Waals surface area contributed by atoms with Gasteiger partial charge in [0.25, 0.3) is 0 Å². The summed E-state index contributed by atoms with van der Waals surface area (Å²) in [6.07, 6.45) is 7.05. The Kier molecular flexibility index (Phi) is 9.48. The number of ether oxygens (including phenoxy) is 1. The molecule has 2 atom stereocenters. The molecule has 0 bridgehead atoms. The van der Waals surface area contributed by atoms with Crippen molar-refractivity contribution in [2.45, 2.75) is 43.8 Å². The summed E-state index contributed by atoms with van der Waals surface area (Å²) in [5.74, 6) is 1.62. The molecular weight excluding hydrogens is 568 g/mol. The van der Waals surface area contributed by atoms with E-state index in [1.807, 2.05) is 41.5 Å². The highest BCUT2D eigenvalue weighted by Crippen LogP contribution is 2.40. The zero-order valence-corrected chi connectivity index (χ0v) is 26.5. The molecule has 2 N–H and O–H groups in total. The lowest BCUT2D eigenvalue weighted by atomic mass is 10.0. The van der Waals surface area contributed by atoms with Crippen molar-refractivity contribution >= 4 is 34.6 Å². The first kappa shape index (κ1) is 30.8. The number of likely N-dealkylation sites (tertiary alicyclic amines) is 1. The van der Waals surface area contributed by atoms with Crippen molar-refractivity contribution in [1.82, 2.24) is 19.8 Å². The van der Waals surface area contributed by atoms with Crippen molar-refractivity contribution in [3.63, 3.8) is 0 Å². The molecule has 45 heavy (non-hydrogen) atoms. The largest absolute Gasteiger partial charge is 0.494 e. The third-order valence-electron chi connectivity index (χ3n) is 9.24. The second-order valence-electron chi connectivity index (χ2n) is 12.1. The molecule has 4 heterocycles. The molecule has 3 aliphatic heterocycles. The number of nitrogens with zero attached hydrogens (tertiary/aromatic N) is 6. The number of benzene rings is 2. The highest BCUT2D eigenvalue weighted by atomic mass is 16.7.